The average Bonchev–Trinajstić information content (AvgIpc) is 2.74. The van der Waals surface area contributed by atoms with E-state index >= 15 is 0 Å². The summed E-state index contributed by atoms with van der Waals surface area (Å²) in [4.78, 5) is 6.82. The fourth-order valence-corrected chi connectivity index (χ4v) is 3.40. The number of ether oxygens (including phenoxy) is 2. The number of guanidine groups is 1. The molecule has 0 aliphatic rings. The highest BCUT2D eigenvalue weighted by molar-refractivity contribution is 14.0. The SMILES string of the molecule is COc1ccc(NC(N)=NCc2ccc(Sc3ccccc3)cc2)cc1OC.I. The van der Waals surface area contributed by atoms with Gasteiger partial charge in [0.25, 0.3) is 0 Å². The number of nitrogens with zero attached hydrogens (tertiary/aromatic N) is 1. The standard InChI is InChI=1S/C22H23N3O2S.HI/c1-26-20-13-10-17(14-21(20)27-2)25-22(23)24-15-16-8-11-19(12-9-16)28-18-6-4-3-5-7-18;/h3-14H,15H2,1-2H3,(H3,23,24,25);1H. The fourth-order valence-electron chi connectivity index (χ4n) is 2.57. The Morgan fingerprint density at radius 1 is 0.897 bits per heavy atom. The maximum Gasteiger partial charge on any atom is 0.193 e. The van der Waals surface area contributed by atoms with E-state index in [9.17, 15) is 0 Å². The van der Waals surface area contributed by atoms with Crippen LogP contribution in [-0.4, -0.2) is 20.2 Å². The molecule has 0 saturated heterocycles. The van der Waals surface area contributed by atoms with Gasteiger partial charge in [-0.25, -0.2) is 4.99 Å². The van der Waals surface area contributed by atoms with Crippen LogP contribution < -0.4 is 20.5 Å². The van der Waals surface area contributed by atoms with Gasteiger partial charge < -0.3 is 20.5 Å². The van der Waals surface area contributed by atoms with Crippen LogP contribution in [0, 0.1) is 0 Å². The van der Waals surface area contributed by atoms with Gasteiger partial charge >= 0.3 is 0 Å². The highest BCUT2D eigenvalue weighted by Gasteiger charge is 2.05. The lowest BCUT2D eigenvalue weighted by Gasteiger charge is -2.11. The Morgan fingerprint density at radius 3 is 2.21 bits per heavy atom. The van der Waals surface area contributed by atoms with Crippen LogP contribution in [0.15, 0.2) is 87.6 Å². The number of nitrogens with two attached hydrogens (primary N) is 1. The van der Waals surface area contributed by atoms with Gasteiger partial charge in [-0.05, 0) is 42.0 Å². The first-order valence-electron chi connectivity index (χ1n) is 8.79. The summed E-state index contributed by atoms with van der Waals surface area (Å²) in [6.07, 6.45) is 0. The van der Waals surface area contributed by atoms with Crippen LogP contribution in [0.2, 0.25) is 0 Å². The number of nitrogens with one attached hydrogen (secondary N) is 1. The van der Waals surface area contributed by atoms with E-state index in [1.54, 1.807) is 26.0 Å². The molecule has 0 amide bonds. The molecule has 0 heterocycles. The minimum Gasteiger partial charge on any atom is -0.493 e. The first kappa shape index (κ1) is 22.9. The molecule has 5 nitrogen and oxygen atoms in total. The van der Waals surface area contributed by atoms with Crippen LogP contribution in [-0.2, 0) is 6.54 Å². The van der Waals surface area contributed by atoms with Gasteiger partial charge in [0, 0.05) is 21.5 Å². The summed E-state index contributed by atoms with van der Waals surface area (Å²) in [5.74, 6) is 1.64. The molecular weight excluding hydrogens is 497 g/mol. The maximum absolute atomic E-state index is 6.01. The zero-order valence-corrected chi connectivity index (χ0v) is 19.4. The molecule has 0 aromatic heterocycles. The summed E-state index contributed by atoms with van der Waals surface area (Å²) >= 11 is 1.73. The zero-order chi connectivity index (χ0) is 19.8. The van der Waals surface area contributed by atoms with Crippen LogP contribution in [0.5, 0.6) is 11.5 Å². The van der Waals surface area contributed by atoms with Crippen molar-refractivity contribution in [3.05, 3.63) is 78.4 Å². The molecule has 0 saturated carbocycles. The summed E-state index contributed by atoms with van der Waals surface area (Å²) in [6, 6.07) is 24.1. The van der Waals surface area contributed by atoms with Gasteiger partial charge in [-0.15, -0.1) is 24.0 Å². The van der Waals surface area contributed by atoms with Crippen molar-refractivity contribution in [3.8, 4) is 11.5 Å². The molecule has 0 aliphatic heterocycles. The average molecular weight is 521 g/mol. The number of hydrogen-bond acceptors (Lipinski definition) is 4. The molecule has 152 valence electrons. The predicted octanol–water partition coefficient (Wildman–Crippen LogP) is 5.40. The van der Waals surface area contributed by atoms with Crippen LogP contribution in [0.3, 0.4) is 0 Å². The van der Waals surface area contributed by atoms with Crippen LogP contribution in [0.4, 0.5) is 5.69 Å². The van der Waals surface area contributed by atoms with Crippen LogP contribution in [0.1, 0.15) is 5.56 Å². The Hall–Kier alpha value is -2.39. The fraction of sp³-hybridized carbons (Fsp3) is 0.136. The summed E-state index contributed by atoms with van der Waals surface area (Å²) in [7, 11) is 3.20. The maximum atomic E-state index is 6.01. The highest BCUT2D eigenvalue weighted by atomic mass is 127. The van der Waals surface area contributed by atoms with Gasteiger partial charge in [0.2, 0.25) is 0 Å². The highest BCUT2D eigenvalue weighted by Crippen LogP contribution is 2.30. The Kier molecular flexibility index (Phi) is 9.14. The van der Waals surface area contributed by atoms with Crippen molar-refractivity contribution in [2.24, 2.45) is 10.7 Å². The van der Waals surface area contributed by atoms with Crippen molar-refractivity contribution < 1.29 is 9.47 Å². The van der Waals surface area contributed by atoms with Crippen molar-refractivity contribution in [3.63, 3.8) is 0 Å². The molecule has 3 rings (SSSR count). The Balaban J connectivity index is 0.00000300. The third kappa shape index (κ3) is 6.86. The van der Waals surface area contributed by atoms with Crippen LogP contribution in [0.25, 0.3) is 0 Å². The Morgan fingerprint density at radius 2 is 1.55 bits per heavy atom. The van der Waals surface area contributed by atoms with E-state index in [4.69, 9.17) is 15.2 Å². The molecule has 0 bridgehead atoms. The van der Waals surface area contributed by atoms with E-state index in [-0.39, 0.29) is 24.0 Å². The lowest BCUT2D eigenvalue weighted by molar-refractivity contribution is 0.355. The van der Waals surface area contributed by atoms with Gasteiger partial charge in [0.15, 0.2) is 17.5 Å². The van der Waals surface area contributed by atoms with Crippen molar-refractivity contribution in [2.45, 2.75) is 16.3 Å². The van der Waals surface area contributed by atoms with Crippen molar-refractivity contribution in [1.29, 1.82) is 0 Å². The van der Waals surface area contributed by atoms with Crippen molar-refractivity contribution >= 4 is 47.4 Å². The zero-order valence-electron chi connectivity index (χ0n) is 16.3. The van der Waals surface area contributed by atoms with Gasteiger partial charge in [0.1, 0.15) is 0 Å². The minimum atomic E-state index is 0. The molecule has 7 heteroatoms. The van der Waals surface area contributed by atoms with E-state index in [2.05, 4.69) is 46.7 Å². The number of methoxy groups -OCH3 is 2. The molecule has 0 radical (unpaired) electrons. The minimum absolute atomic E-state index is 0. The molecule has 0 spiro atoms. The summed E-state index contributed by atoms with van der Waals surface area (Å²) < 4.78 is 10.5. The van der Waals surface area contributed by atoms with E-state index < -0.39 is 0 Å². The largest absolute Gasteiger partial charge is 0.493 e. The second-order valence-electron chi connectivity index (χ2n) is 5.96. The molecule has 0 fully saturated rings. The van der Waals surface area contributed by atoms with E-state index in [1.807, 2.05) is 36.4 Å². The monoisotopic (exact) mass is 521 g/mol. The van der Waals surface area contributed by atoms with Gasteiger partial charge in [-0.1, -0.05) is 42.1 Å². The number of hydrogen-bond donors (Lipinski definition) is 2. The first-order chi connectivity index (χ1) is 13.7. The molecule has 0 atom stereocenters. The molecule has 3 N–H and O–H groups in total. The van der Waals surface area contributed by atoms with Crippen LogP contribution >= 0.6 is 35.7 Å². The number of aliphatic imine (C=N–C) groups is 1. The summed E-state index contributed by atoms with van der Waals surface area (Å²) in [5.41, 5.74) is 7.89. The number of benzene rings is 3. The van der Waals surface area contributed by atoms with Gasteiger partial charge in [0.05, 0.1) is 20.8 Å². The van der Waals surface area contributed by atoms with Crippen molar-refractivity contribution in [1.82, 2.24) is 0 Å². The Bertz CT molecular complexity index is 935. The number of rotatable bonds is 7. The Labute approximate surface area is 192 Å². The second-order valence-corrected chi connectivity index (χ2v) is 7.10. The van der Waals surface area contributed by atoms with Gasteiger partial charge in [-0.3, -0.25) is 0 Å². The normalized spacial score (nSPS) is 10.8. The summed E-state index contributed by atoms with van der Waals surface area (Å²) in [6.45, 7) is 0.502. The third-order valence-corrected chi connectivity index (χ3v) is 5.01. The molecule has 29 heavy (non-hydrogen) atoms. The molecule has 0 aliphatic carbocycles. The first-order valence-corrected chi connectivity index (χ1v) is 9.60. The lowest BCUT2D eigenvalue weighted by atomic mass is 10.2. The number of halogens is 1. The van der Waals surface area contributed by atoms with Gasteiger partial charge in [-0.2, -0.15) is 0 Å². The van der Waals surface area contributed by atoms with E-state index in [0.717, 1.165) is 11.3 Å². The lowest BCUT2D eigenvalue weighted by Crippen LogP contribution is -2.22. The predicted molar refractivity (Wildman–Crippen MR) is 131 cm³/mol. The topological polar surface area (TPSA) is 68.9 Å². The molecular formula is C22H24IN3O2S. The quantitative estimate of drug-likeness (QED) is 0.248. The second kappa shape index (κ2) is 11.6. The van der Waals surface area contributed by atoms with E-state index in [1.165, 1.54) is 9.79 Å². The van der Waals surface area contributed by atoms with E-state index in [0.29, 0.717) is 24.0 Å². The molecule has 3 aromatic rings. The molecule has 3 aromatic carbocycles. The number of anilines is 1. The smallest absolute Gasteiger partial charge is 0.193 e. The summed E-state index contributed by atoms with van der Waals surface area (Å²) in [5, 5.41) is 3.07. The molecule has 0 unspecified atom stereocenters. The van der Waals surface area contributed by atoms with Crippen molar-refractivity contribution in [2.75, 3.05) is 19.5 Å². The third-order valence-electron chi connectivity index (χ3n) is 3.99.